The molecule has 0 aromatic heterocycles. The van der Waals surface area contributed by atoms with Crippen LogP contribution in [0.4, 0.5) is 8.78 Å². The lowest BCUT2D eigenvalue weighted by Crippen LogP contribution is -2.34. The van der Waals surface area contributed by atoms with Gasteiger partial charge in [-0.3, -0.25) is 4.79 Å². The van der Waals surface area contributed by atoms with Crippen LogP contribution in [0, 0.1) is 18.6 Å². The van der Waals surface area contributed by atoms with E-state index in [0.29, 0.717) is 12.8 Å². The minimum absolute atomic E-state index is 0.0228. The van der Waals surface area contributed by atoms with Crippen molar-refractivity contribution in [1.29, 1.82) is 0 Å². The SMILES string of the molecule is CCC(=O)OC(C)CC(C)(C)Oc1ccc(F)cc1F.COc1ccc(C)cc1. The molecule has 29 heavy (non-hydrogen) atoms. The van der Waals surface area contributed by atoms with Gasteiger partial charge in [-0.05, 0) is 52.0 Å². The van der Waals surface area contributed by atoms with Gasteiger partial charge in [0, 0.05) is 18.9 Å². The Morgan fingerprint density at radius 3 is 2.24 bits per heavy atom. The van der Waals surface area contributed by atoms with E-state index in [0.717, 1.165) is 17.9 Å². The van der Waals surface area contributed by atoms with E-state index < -0.39 is 17.2 Å². The summed E-state index contributed by atoms with van der Waals surface area (Å²) < 4.78 is 42.0. The molecule has 0 aliphatic heterocycles. The average Bonchev–Trinajstić information content (AvgIpc) is 2.64. The molecule has 2 rings (SSSR count). The third kappa shape index (κ3) is 9.41. The van der Waals surface area contributed by atoms with Crippen molar-refractivity contribution >= 4 is 5.97 Å². The molecule has 2 aromatic carbocycles. The lowest BCUT2D eigenvalue weighted by molar-refractivity contribution is -0.149. The smallest absolute Gasteiger partial charge is 0.305 e. The number of esters is 1. The molecule has 0 bridgehead atoms. The van der Waals surface area contributed by atoms with Gasteiger partial charge in [-0.1, -0.05) is 24.6 Å². The van der Waals surface area contributed by atoms with Gasteiger partial charge in [0.25, 0.3) is 0 Å². The molecule has 0 radical (unpaired) electrons. The molecular formula is C23H30F2O4. The minimum atomic E-state index is -0.753. The molecule has 0 aliphatic rings. The van der Waals surface area contributed by atoms with Gasteiger partial charge >= 0.3 is 5.97 Å². The molecule has 0 amide bonds. The fourth-order valence-corrected chi connectivity index (χ4v) is 2.61. The van der Waals surface area contributed by atoms with Crippen LogP contribution in [0.15, 0.2) is 42.5 Å². The fourth-order valence-electron chi connectivity index (χ4n) is 2.61. The number of hydrogen-bond donors (Lipinski definition) is 0. The Kier molecular flexibility index (Phi) is 9.59. The van der Waals surface area contributed by atoms with E-state index in [1.54, 1.807) is 34.8 Å². The Labute approximate surface area is 171 Å². The van der Waals surface area contributed by atoms with E-state index in [2.05, 4.69) is 6.92 Å². The topological polar surface area (TPSA) is 44.8 Å². The Balaban J connectivity index is 0.000000387. The van der Waals surface area contributed by atoms with Crippen LogP contribution in [-0.2, 0) is 9.53 Å². The van der Waals surface area contributed by atoms with E-state index in [1.165, 1.54) is 11.6 Å². The molecule has 2 aromatic rings. The summed E-state index contributed by atoms with van der Waals surface area (Å²) in [5.41, 5.74) is 0.516. The molecule has 160 valence electrons. The molecule has 6 heteroatoms. The van der Waals surface area contributed by atoms with Crippen LogP contribution >= 0.6 is 0 Å². The van der Waals surface area contributed by atoms with Crippen molar-refractivity contribution in [2.75, 3.05) is 7.11 Å². The van der Waals surface area contributed by atoms with Gasteiger partial charge in [0.15, 0.2) is 11.6 Å². The summed E-state index contributed by atoms with van der Waals surface area (Å²) in [6.07, 6.45) is 0.356. The van der Waals surface area contributed by atoms with Gasteiger partial charge in [0.05, 0.1) is 7.11 Å². The van der Waals surface area contributed by atoms with Crippen molar-refractivity contribution in [1.82, 2.24) is 0 Å². The van der Waals surface area contributed by atoms with Gasteiger partial charge in [-0.25, -0.2) is 8.78 Å². The first kappa shape index (κ1) is 24.4. The molecule has 0 aliphatic carbocycles. The summed E-state index contributed by atoms with van der Waals surface area (Å²) in [7, 11) is 1.67. The highest BCUT2D eigenvalue weighted by molar-refractivity contribution is 5.69. The highest BCUT2D eigenvalue weighted by atomic mass is 19.1. The van der Waals surface area contributed by atoms with Crippen LogP contribution < -0.4 is 9.47 Å². The van der Waals surface area contributed by atoms with Gasteiger partial charge < -0.3 is 14.2 Å². The van der Waals surface area contributed by atoms with Crippen LogP contribution in [0.1, 0.15) is 46.1 Å². The molecule has 1 unspecified atom stereocenters. The number of ether oxygens (including phenoxy) is 3. The second-order valence-electron chi connectivity index (χ2n) is 7.31. The number of aryl methyl sites for hydroxylation is 1. The summed E-state index contributed by atoms with van der Waals surface area (Å²) in [6.45, 7) is 9.03. The quantitative estimate of drug-likeness (QED) is 0.539. The molecule has 0 spiro atoms. The highest BCUT2D eigenvalue weighted by Gasteiger charge is 2.26. The minimum Gasteiger partial charge on any atom is -0.497 e. The number of rotatable bonds is 7. The van der Waals surface area contributed by atoms with Crippen molar-refractivity contribution in [3.05, 3.63) is 59.7 Å². The van der Waals surface area contributed by atoms with Gasteiger partial charge in [0.2, 0.25) is 0 Å². The van der Waals surface area contributed by atoms with Gasteiger partial charge in [-0.2, -0.15) is 0 Å². The number of hydrogen-bond acceptors (Lipinski definition) is 4. The van der Waals surface area contributed by atoms with E-state index in [9.17, 15) is 13.6 Å². The largest absolute Gasteiger partial charge is 0.497 e. The van der Waals surface area contributed by atoms with Crippen LogP contribution in [0.3, 0.4) is 0 Å². The van der Waals surface area contributed by atoms with Crippen molar-refractivity contribution in [3.8, 4) is 11.5 Å². The van der Waals surface area contributed by atoms with Gasteiger partial charge in [0.1, 0.15) is 23.3 Å². The number of carbonyl (C=O) groups is 1. The van der Waals surface area contributed by atoms with Crippen LogP contribution in [0.2, 0.25) is 0 Å². The third-order valence-electron chi connectivity index (χ3n) is 3.94. The van der Waals surface area contributed by atoms with Crippen LogP contribution in [-0.4, -0.2) is 24.8 Å². The molecule has 1 atom stereocenters. The Morgan fingerprint density at radius 1 is 1.10 bits per heavy atom. The van der Waals surface area contributed by atoms with E-state index >= 15 is 0 Å². The molecule has 4 nitrogen and oxygen atoms in total. The van der Waals surface area contributed by atoms with E-state index in [1.807, 2.05) is 24.3 Å². The number of carbonyl (C=O) groups excluding carboxylic acids is 1. The van der Waals surface area contributed by atoms with Crippen molar-refractivity contribution in [2.45, 2.75) is 59.2 Å². The lowest BCUT2D eigenvalue weighted by atomic mass is 10.0. The normalized spacial score (nSPS) is 11.7. The molecule has 0 saturated heterocycles. The molecular weight excluding hydrogens is 378 g/mol. The first-order valence-corrected chi connectivity index (χ1v) is 9.50. The molecule has 0 N–H and O–H groups in total. The third-order valence-corrected chi connectivity index (χ3v) is 3.94. The number of benzene rings is 2. The second kappa shape index (κ2) is 11.4. The Morgan fingerprint density at radius 2 is 1.72 bits per heavy atom. The van der Waals surface area contributed by atoms with E-state index in [-0.39, 0.29) is 17.8 Å². The zero-order valence-electron chi connectivity index (χ0n) is 17.9. The van der Waals surface area contributed by atoms with Crippen molar-refractivity contribution < 1.29 is 27.8 Å². The lowest BCUT2D eigenvalue weighted by Gasteiger charge is -2.29. The zero-order valence-corrected chi connectivity index (χ0v) is 17.9. The molecule has 0 heterocycles. The Hall–Kier alpha value is -2.63. The maximum Gasteiger partial charge on any atom is 0.305 e. The summed E-state index contributed by atoms with van der Waals surface area (Å²) in [5.74, 6) is -0.804. The summed E-state index contributed by atoms with van der Waals surface area (Å²) in [6, 6.07) is 11.1. The fraction of sp³-hybridized carbons (Fsp3) is 0.435. The maximum absolute atomic E-state index is 13.5. The zero-order chi connectivity index (χ0) is 22.0. The van der Waals surface area contributed by atoms with Crippen molar-refractivity contribution in [3.63, 3.8) is 0 Å². The Bertz CT molecular complexity index is 773. The number of methoxy groups -OCH3 is 1. The van der Waals surface area contributed by atoms with Crippen molar-refractivity contribution in [2.24, 2.45) is 0 Å². The summed E-state index contributed by atoms with van der Waals surface area (Å²) >= 11 is 0. The average molecular weight is 408 g/mol. The van der Waals surface area contributed by atoms with Gasteiger partial charge in [-0.15, -0.1) is 0 Å². The molecule has 0 saturated carbocycles. The maximum atomic E-state index is 13.5. The predicted molar refractivity (Wildman–Crippen MR) is 109 cm³/mol. The highest BCUT2D eigenvalue weighted by Crippen LogP contribution is 2.26. The first-order chi connectivity index (χ1) is 13.6. The second-order valence-corrected chi connectivity index (χ2v) is 7.31. The van der Waals surface area contributed by atoms with Crippen LogP contribution in [0.5, 0.6) is 11.5 Å². The summed E-state index contributed by atoms with van der Waals surface area (Å²) in [4.78, 5) is 11.2. The number of halogens is 2. The summed E-state index contributed by atoms with van der Waals surface area (Å²) in [5, 5.41) is 0. The monoisotopic (exact) mass is 408 g/mol. The van der Waals surface area contributed by atoms with E-state index in [4.69, 9.17) is 14.2 Å². The van der Waals surface area contributed by atoms with Crippen LogP contribution in [0.25, 0.3) is 0 Å². The molecule has 0 fully saturated rings. The first-order valence-electron chi connectivity index (χ1n) is 9.50. The predicted octanol–water partition coefficient (Wildman–Crippen LogP) is 5.86. The standard InChI is InChI=1S/C15H20F2O3.C8H10O/c1-5-14(18)19-10(2)9-15(3,4)20-13-7-6-11(16)8-12(13)17;1-7-3-5-8(9-2)6-4-7/h6-8,10H,5,9H2,1-4H3;3-6H,1-2H3.